The zero-order valence-corrected chi connectivity index (χ0v) is 17.5. The molecule has 1 aromatic carbocycles. The predicted octanol–water partition coefficient (Wildman–Crippen LogP) is 1.79. The molecule has 2 atom stereocenters. The van der Waals surface area contributed by atoms with Gasteiger partial charge in [-0.05, 0) is 51.0 Å². The standard InChI is InChI=1S/C21H33N3O2S/c1-17-6-3-4-7-20(17)27-16-21(26)24-13-18(19(14-24)15-25)12-23-9-5-8-22(2)10-11-23/h3-4,6-7,18-19,25H,5,8-16H2,1-2H3/t18-,19-/m1/s1. The Kier molecular flexibility index (Phi) is 7.58. The number of carbonyl (C=O) groups excluding carboxylic acids is 1. The largest absolute Gasteiger partial charge is 0.396 e. The van der Waals surface area contributed by atoms with E-state index in [9.17, 15) is 9.90 Å². The third-order valence-electron chi connectivity index (χ3n) is 5.91. The van der Waals surface area contributed by atoms with Crippen LogP contribution in [0.2, 0.25) is 0 Å². The van der Waals surface area contributed by atoms with Gasteiger partial charge in [-0.3, -0.25) is 4.79 Å². The van der Waals surface area contributed by atoms with Crippen LogP contribution in [0.3, 0.4) is 0 Å². The van der Waals surface area contributed by atoms with Crippen molar-refractivity contribution >= 4 is 17.7 Å². The molecule has 1 aromatic rings. The molecule has 1 amide bonds. The monoisotopic (exact) mass is 391 g/mol. The van der Waals surface area contributed by atoms with Gasteiger partial charge in [0, 0.05) is 50.1 Å². The van der Waals surface area contributed by atoms with E-state index in [1.165, 1.54) is 16.9 Å². The Hall–Kier alpha value is -1.08. The lowest BCUT2D eigenvalue weighted by Crippen LogP contribution is -2.36. The lowest BCUT2D eigenvalue weighted by atomic mass is 9.96. The molecule has 150 valence electrons. The highest BCUT2D eigenvalue weighted by atomic mass is 32.2. The van der Waals surface area contributed by atoms with Gasteiger partial charge in [-0.2, -0.15) is 0 Å². The average molecular weight is 392 g/mol. The highest BCUT2D eigenvalue weighted by molar-refractivity contribution is 8.00. The van der Waals surface area contributed by atoms with Crippen molar-refractivity contribution < 1.29 is 9.90 Å². The van der Waals surface area contributed by atoms with Crippen molar-refractivity contribution in [3.63, 3.8) is 0 Å². The third-order valence-corrected chi connectivity index (χ3v) is 7.07. The van der Waals surface area contributed by atoms with Crippen LogP contribution in [-0.4, -0.2) is 90.9 Å². The van der Waals surface area contributed by atoms with Crippen molar-refractivity contribution in [1.29, 1.82) is 0 Å². The number of likely N-dealkylation sites (tertiary alicyclic amines) is 1. The van der Waals surface area contributed by atoms with Crippen molar-refractivity contribution in [2.24, 2.45) is 11.8 Å². The van der Waals surface area contributed by atoms with E-state index in [0.29, 0.717) is 18.2 Å². The SMILES string of the molecule is Cc1ccccc1SCC(=O)N1C[C@@H](CN2CCCN(C)CC2)[C@@H](CO)C1. The molecule has 6 heteroatoms. The number of hydrogen-bond acceptors (Lipinski definition) is 5. The van der Waals surface area contributed by atoms with Crippen LogP contribution >= 0.6 is 11.8 Å². The molecule has 27 heavy (non-hydrogen) atoms. The Morgan fingerprint density at radius 3 is 2.70 bits per heavy atom. The molecule has 2 heterocycles. The summed E-state index contributed by atoms with van der Waals surface area (Å²) in [6.07, 6.45) is 1.20. The normalized spacial score (nSPS) is 24.9. The van der Waals surface area contributed by atoms with Crippen LogP contribution in [-0.2, 0) is 4.79 Å². The minimum Gasteiger partial charge on any atom is -0.396 e. The first-order chi connectivity index (χ1) is 13.1. The first-order valence-electron chi connectivity index (χ1n) is 10.0. The van der Waals surface area contributed by atoms with E-state index in [2.05, 4.69) is 35.9 Å². The third kappa shape index (κ3) is 5.70. The maximum Gasteiger partial charge on any atom is 0.232 e. The number of thioether (sulfide) groups is 1. The summed E-state index contributed by atoms with van der Waals surface area (Å²) in [5, 5.41) is 9.84. The van der Waals surface area contributed by atoms with E-state index < -0.39 is 0 Å². The van der Waals surface area contributed by atoms with Crippen LogP contribution in [0, 0.1) is 18.8 Å². The molecule has 0 radical (unpaired) electrons. The molecule has 0 unspecified atom stereocenters. The lowest BCUT2D eigenvalue weighted by Gasteiger charge is -2.26. The number of nitrogens with zero attached hydrogens (tertiary/aromatic N) is 3. The van der Waals surface area contributed by atoms with Crippen molar-refractivity contribution in [2.75, 3.05) is 65.2 Å². The molecule has 1 N–H and O–H groups in total. The maximum absolute atomic E-state index is 12.7. The van der Waals surface area contributed by atoms with Crippen LogP contribution in [0.15, 0.2) is 29.2 Å². The van der Waals surface area contributed by atoms with Crippen LogP contribution in [0.4, 0.5) is 0 Å². The van der Waals surface area contributed by atoms with Gasteiger partial charge in [-0.1, -0.05) is 18.2 Å². The smallest absolute Gasteiger partial charge is 0.232 e. The number of aliphatic hydroxyl groups excluding tert-OH is 1. The van der Waals surface area contributed by atoms with E-state index >= 15 is 0 Å². The van der Waals surface area contributed by atoms with E-state index in [0.717, 1.165) is 39.3 Å². The van der Waals surface area contributed by atoms with Gasteiger partial charge < -0.3 is 19.8 Å². The second kappa shape index (κ2) is 9.92. The molecule has 0 saturated carbocycles. The van der Waals surface area contributed by atoms with E-state index in [4.69, 9.17) is 0 Å². The Morgan fingerprint density at radius 2 is 1.93 bits per heavy atom. The van der Waals surface area contributed by atoms with Crippen LogP contribution in [0.1, 0.15) is 12.0 Å². The van der Waals surface area contributed by atoms with Gasteiger partial charge in [0.25, 0.3) is 0 Å². The maximum atomic E-state index is 12.7. The Bertz CT molecular complexity index is 627. The summed E-state index contributed by atoms with van der Waals surface area (Å²) >= 11 is 1.62. The molecular formula is C21H33N3O2S. The number of benzene rings is 1. The minimum atomic E-state index is 0.174. The first kappa shape index (κ1) is 20.6. The Balaban J connectivity index is 1.52. The second-order valence-corrected chi connectivity index (χ2v) is 9.03. The topological polar surface area (TPSA) is 47.0 Å². The fourth-order valence-electron chi connectivity index (χ4n) is 4.12. The molecular weight excluding hydrogens is 358 g/mol. The summed E-state index contributed by atoms with van der Waals surface area (Å²) in [5.74, 6) is 1.26. The molecule has 2 aliphatic heterocycles. The van der Waals surface area contributed by atoms with Gasteiger partial charge in [0.05, 0.1) is 5.75 Å². The van der Waals surface area contributed by atoms with Crippen molar-refractivity contribution in [3.05, 3.63) is 29.8 Å². The van der Waals surface area contributed by atoms with Gasteiger partial charge in [0.15, 0.2) is 0 Å². The summed E-state index contributed by atoms with van der Waals surface area (Å²) < 4.78 is 0. The number of carbonyl (C=O) groups is 1. The molecule has 0 spiro atoms. The zero-order chi connectivity index (χ0) is 19.2. The molecule has 2 fully saturated rings. The highest BCUT2D eigenvalue weighted by Gasteiger charge is 2.35. The fraction of sp³-hybridized carbons (Fsp3) is 0.667. The van der Waals surface area contributed by atoms with Crippen LogP contribution in [0.25, 0.3) is 0 Å². The van der Waals surface area contributed by atoms with Gasteiger partial charge in [0.2, 0.25) is 5.91 Å². The van der Waals surface area contributed by atoms with Crippen molar-refractivity contribution in [1.82, 2.24) is 14.7 Å². The summed E-state index contributed by atoms with van der Waals surface area (Å²) in [4.78, 5) is 20.8. The van der Waals surface area contributed by atoms with Crippen LogP contribution < -0.4 is 0 Å². The summed E-state index contributed by atoms with van der Waals surface area (Å²) in [6.45, 7) is 9.20. The van der Waals surface area contributed by atoms with Gasteiger partial charge in [0.1, 0.15) is 0 Å². The molecule has 5 nitrogen and oxygen atoms in total. The first-order valence-corrected chi connectivity index (χ1v) is 11.0. The molecule has 0 aliphatic carbocycles. The minimum absolute atomic E-state index is 0.174. The summed E-state index contributed by atoms with van der Waals surface area (Å²) in [6, 6.07) is 8.21. The predicted molar refractivity (Wildman–Crippen MR) is 111 cm³/mol. The molecule has 2 saturated heterocycles. The van der Waals surface area contributed by atoms with E-state index in [1.807, 2.05) is 17.0 Å². The number of aliphatic hydroxyl groups is 1. The average Bonchev–Trinajstić information content (AvgIpc) is 2.96. The molecule has 0 aromatic heterocycles. The fourth-order valence-corrected chi connectivity index (χ4v) is 5.05. The van der Waals surface area contributed by atoms with Gasteiger partial charge in [-0.25, -0.2) is 0 Å². The second-order valence-electron chi connectivity index (χ2n) is 8.01. The molecule has 2 aliphatic rings. The number of hydrogen-bond donors (Lipinski definition) is 1. The molecule has 3 rings (SSSR count). The van der Waals surface area contributed by atoms with E-state index in [-0.39, 0.29) is 18.4 Å². The van der Waals surface area contributed by atoms with Crippen LogP contribution in [0.5, 0.6) is 0 Å². The number of rotatable bonds is 6. The highest BCUT2D eigenvalue weighted by Crippen LogP contribution is 2.27. The lowest BCUT2D eigenvalue weighted by molar-refractivity contribution is -0.127. The molecule has 0 bridgehead atoms. The Labute approximate surface area is 167 Å². The van der Waals surface area contributed by atoms with Crippen molar-refractivity contribution in [2.45, 2.75) is 18.2 Å². The van der Waals surface area contributed by atoms with Gasteiger partial charge in [-0.15, -0.1) is 11.8 Å². The summed E-state index contributed by atoms with van der Waals surface area (Å²) in [5.41, 5.74) is 1.22. The number of aryl methyl sites for hydroxylation is 1. The number of amides is 1. The number of likely N-dealkylation sites (N-methyl/N-ethyl adjacent to an activating group) is 1. The van der Waals surface area contributed by atoms with Gasteiger partial charge >= 0.3 is 0 Å². The summed E-state index contributed by atoms with van der Waals surface area (Å²) in [7, 11) is 2.18. The Morgan fingerprint density at radius 1 is 1.15 bits per heavy atom. The van der Waals surface area contributed by atoms with E-state index in [1.54, 1.807) is 11.8 Å². The zero-order valence-electron chi connectivity index (χ0n) is 16.6. The quantitative estimate of drug-likeness (QED) is 0.749. The van der Waals surface area contributed by atoms with Crippen molar-refractivity contribution in [3.8, 4) is 0 Å².